The van der Waals surface area contributed by atoms with Gasteiger partial charge in [0.15, 0.2) is 0 Å². The van der Waals surface area contributed by atoms with Crippen molar-refractivity contribution in [3.8, 4) is 0 Å². The Morgan fingerprint density at radius 1 is 1.29 bits per heavy atom. The van der Waals surface area contributed by atoms with E-state index in [4.69, 9.17) is 5.11 Å². The Morgan fingerprint density at radius 2 is 2.00 bits per heavy atom. The van der Waals surface area contributed by atoms with Crippen LogP contribution in [0, 0.1) is 0 Å². The fourth-order valence-corrected chi connectivity index (χ4v) is 3.07. The number of rotatable bonds is 3. The van der Waals surface area contributed by atoms with Crippen molar-refractivity contribution in [1.82, 2.24) is 0 Å². The Kier molecular flexibility index (Phi) is 2.93. The summed E-state index contributed by atoms with van der Waals surface area (Å²) in [7, 11) is 0. The monoisotopic (exact) mass is 254 g/mol. The second-order valence-corrected chi connectivity index (χ2v) is 4.94. The molecule has 1 nitrogen and oxygen atoms in total. The molecule has 1 aliphatic rings. The summed E-state index contributed by atoms with van der Waals surface area (Å²) < 4.78 is 1.19. The van der Waals surface area contributed by atoms with Crippen molar-refractivity contribution in [1.29, 1.82) is 0 Å². The maximum Gasteiger partial charge on any atom is 0.0439 e. The Labute approximate surface area is 93.3 Å². The minimum Gasteiger partial charge on any atom is -0.396 e. The van der Waals surface area contributed by atoms with Gasteiger partial charge >= 0.3 is 0 Å². The molecule has 0 aromatic heterocycles. The smallest absolute Gasteiger partial charge is 0.0439 e. The maximum atomic E-state index is 9.10. The van der Waals surface area contributed by atoms with E-state index < -0.39 is 0 Å². The van der Waals surface area contributed by atoms with Crippen molar-refractivity contribution in [3.05, 3.63) is 34.3 Å². The van der Waals surface area contributed by atoms with Crippen LogP contribution in [0.5, 0.6) is 0 Å². The van der Waals surface area contributed by atoms with Gasteiger partial charge in [-0.15, -0.1) is 0 Å². The molecule has 1 aromatic carbocycles. The van der Waals surface area contributed by atoms with E-state index in [1.807, 2.05) is 6.07 Å². The molecule has 1 aromatic rings. The van der Waals surface area contributed by atoms with Gasteiger partial charge in [-0.1, -0.05) is 40.5 Å². The number of aliphatic hydroxyl groups excluding tert-OH is 1. The van der Waals surface area contributed by atoms with E-state index in [0.29, 0.717) is 6.61 Å². The van der Waals surface area contributed by atoms with Gasteiger partial charge in [-0.05, 0) is 36.3 Å². The highest BCUT2D eigenvalue weighted by atomic mass is 79.9. The molecule has 0 heterocycles. The van der Waals surface area contributed by atoms with Crippen LogP contribution in [0.1, 0.15) is 31.2 Å². The van der Waals surface area contributed by atoms with Gasteiger partial charge in [-0.2, -0.15) is 0 Å². The van der Waals surface area contributed by atoms with Gasteiger partial charge in [-0.3, -0.25) is 0 Å². The van der Waals surface area contributed by atoms with E-state index in [0.717, 1.165) is 6.42 Å². The molecule has 0 saturated heterocycles. The predicted molar refractivity (Wildman–Crippen MR) is 61.4 cm³/mol. The standard InChI is InChI=1S/C12H15BrO/c13-11-5-2-1-4-10(11)12(8-9-14)6-3-7-12/h1-2,4-5,14H,3,6-9H2. The summed E-state index contributed by atoms with van der Waals surface area (Å²) in [5.41, 5.74) is 1.63. The highest BCUT2D eigenvalue weighted by Gasteiger charge is 2.38. The van der Waals surface area contributed by atoms with Crippen molar-refractivity contribution in [3.63, 3.8) is 0 Å². The zero-order valence-corrected chi connectivity index (χ0v) is 9.76. The van der Waals surface area contributed by atoms with Crippen LogP contribution in [0.2, 0.25) is 0 Å². The fourth-order valence-electron chi connectivity index (χ4n) is 2.36. The topological polar surface area (TPSA) is 20.2 Å². The van der Waals surface area contributed by atoms with Crippen LogP contribution >= 0.6 is 15.9 Å². The van der Waals surface area contributed by atoms with E-state index >= 15 is 0 Å². The summed E-state index contributed by atoms with van der Waals surface area (Å²) in [5, 5.41) is 9.10. The Bertz CT molecular complexity index is 318. The molecule has 2 rings (SSSR count). The van der Waals surface area contributed by atoms with E-state index in [-0.39, 0.29) is 5.41 Å². The number of aliphatic hydroxyl groups is 1. The zero-order chi connectivity index (χ0) is 10.0. The highest BCUT2D eigenvalue weighted by Crippen LogP contribution is 2.48. The van der Waals surface area contributed by atoms with Gasteiger partial charge in [0.25, 0.3) is 0 Å². The van der Waals surface area contributed by atoms with Gasteiger partial charge < -0.3 is 5.11 Å². The molecule has 0 bridgehead atoms. The predicted octanol–water partition coefficient (Wildman–Crippen LogP) is 3.25. The Hall–Kier alpha value is -0.340. The average molecular weight is 255 g/mol. The molecule has 76 valence electrons. The van der Waals surface area contributed by atoms with Crippen LogP contribution in [0.15, 0.2) is 28.7 Å². The van der Waals surface area contributed by atoms with Gasteiger partial charge in [0.1, 0.15) is 0 Å². The van der Waals surface area contributed by atoms with Gasteiger partial charge in [0.2, 0.25) is 0 Å². The summed E-state index contributed by atoms with van der Waals surface area (Å²) in [4.78, 5) is 0. The lowest BCUT2D eigenvalue weighted by atomic mass is 9.63. The van der Waals surface area contributed by atoms with E-state index in [2.05, 4.69) is 34.1 Å². The van der Waals surface area contributed by atoms with Gasteiger partial charge in [0, 0.05) is 11.1 Å². The largest absolute Gasteiger partial charge is 0.396 e. The third-order valence-electron chi connectivity index (χ3n) is 3.35. The first-order valence-electron chi connectivity index (χ1n) is 5.14. The lowest BCUT2D eigenvalue weighted by molar-refractivity contribution is 0.166. The molecule has 0 amide bonds. The van der Waals surface area contributed by atoms with Crippen LogP contribution in [0.25, 0.3) is 0 Å². The third-order valence-corrected chi connectivity index (χ3v) is 4.04. The summed E-state index contributed by atoms with van der Waals surface area (Å²) in [6, 6.07) is 8.39. The summed E-state index contributed by atoms with van der Waals surface area (Å²) >= 11 is 3.60. The molecule has 1 fully saturated rings. The molecule has 14 heavy (non-hydrogen) atoms. The van der Waals surface area contributed by atoms with E-state index in [1.54, 1.807) is 0 Å². The second kappa shape index (κ2) is 4.03. The molecule has 0 aliphatic heterocycles. The lowest BCUT2D eigenvalue weighted by Crippen LogP contribution is -2.35. The van der Waals surface area contributed by atoms with Crippen LogP contribution in [-0.4, -0.2) is 11.7 Å². The third kappa shape index (κ3) is 1.61. The van der Waals surface area contributed by atoms with Crippen molar-refractivity contribution in [2.75, 3.05) is 6.61 Å². The zero-order valence-electron chi connectivity index (χ0n) is 8.17. The van der Waals surface area contributed by atoms with Crippen LogP contribution < -0.4 is 0 Å². The molecule has 0 unspecified atom stereocenters. The fraction of sp³-hybridized carbons (Fsp3) is 0.500. The van der Waals surface area contributed by atoms with Crippen molar-refractivity contribution in [2.24, 2.45) is 0 Å². The Morgan fingerprint density at radius 3 is 2.50 bits per heavy atom. The molecule has 0 atom stereocenters. The molecule has 1 N–H and O–H groups in total. The maximum absolute atomic E-state index is 9.10. The first-order chi connectivity index (χ1) is 6.78. The van der Waals surface area contributed by atoms with Crippen LogP contribution in [-0.2, 0) is 5.41 Å². The van der Waals surface area contributed by atoms with Gasteiger partial charge in [0.05, 0.1) is 0 Å². The van der Waals surface area contributed by atoms with Crippen molar-refractivity contribution in [2.45, 2.75) is 31.1 Å². The minimum absolute atomic E-state index is 0.259. The first-order valence-corrected chi connectivity index (χ1v) is 5.94. The minimum atomic E-state index is 0.259. The molecule has 2 heteroatoms. The highest BCUT2D eigenvalue weighted by molar-refractivity contribution is 9.10. The summed E-state index contributed by atoms with van der Waals surface area (Å²) in [6.45, 7) is 0.293. The van der Waals surface area contributed by atoms with E-state index in [9.17, 15) is 0 Å². The quantitative estimate of drug-likeness (QED) is 0.878. The van der Waals surface area contributed by atoms with Gasteiger partial charge in [-0.25, -0.2) is 0 Å². The number of hydrogen-bond donors (Lipinski definition) is 1. The summed E-state index contributed by atoms with van der Waals surface area (Å²) in [6.07, 6.45) is 4.63. The molecule has 1 aliphatic carbocycles. The van der Waals surface area contributed by atoms with Crippen molar-refractivity contribution < 1.29 is 5.11 Å². The summed E-state index contributed by atoms with van der Waals surface area (Å²) in [5.74, 6) is 0. The molecular formula is C12H15BrO. The van der Waals surface area contributed by atoms with E-state index in [1.165, 1.54) is 29.3 Å². The van der Waals surface area contributed by atoms with Crippen LogP contribution in [0.4, 0.5) is 0 Å². The molecule has 0 spiro atoms. The molecular weight excluding hydrogens is 240 g/mol. The lowest BCUT2D eigenvalue weighted by Gasteiger charge is -2.42. The Balaban J connectivity index is 2.32. The number of halogens is 1. The normalized spacial score (nSPS) is 19.0. The molecule has 1 saturated carbocycles. The van der Waals surface area contributed by atoms with Crippen molar-refractivity contribution >= 4 is 15.9 Å². The molecule has 0 radical (unpaired) electrons. The van der Waals surface area contributed by atoms with Crippen LogP contribution in [0.3, 0.4) is 0 Å². The number of hydrogen-bond acceptors (Lipinski definition) is 1. The average Bonchev–Trinajstić information content (AvgIpc) is 2.13. The number of benzene rings is 1. The SMILES string of the molecule is OCCC1(c2ccccc2Br)CCC1. The first kappa shape index (κ1) is 10.2. The second-order valence-electron chi connectivity index (χ2n) is 4.09.